The number of hydrogen-bond acceptors (Lipinski definition) is 3. The average molecular weight is 355 g/mol. The molecule has 1 amide bonds. The molecule has 128 valence electrons. The van der Waals surface area contributed by atoms with Gasteiger partial charge in [-0.05, 0) is 11.6 Å². The smallest absolute Gasteiger partial charge is 0.269 e. The number of rotatable bonds is 5. The van der Waals surface area contributed by atoms with Gasteiger partial charge in [-0.15, -0.1) is 0 Å². The van der Waals surface area contributed by atoms with E-state index in [0.717, 1.165) is 11.1 Å². The summed E-state index contributed by atoms with van der Waals surface area (Å²) in [5.74, 6) is -0.200. The van der Waals surface area contributed by atoms with Gasteiger partial charge in [-0.3, -0.25) is 14.9 Å². The molecule has 0 aliphatic carbocycles. The highest BCUT2D eigenvalue weighted by Crippen LogP contribution is 2.23. The third-order valence-corrected chi connectivity index (χ3v) is 4.04. The minimum atomic E-state index is -0.200. The van der Waals surface area contributed by atoms with Gasteiger partial charge in [-0.1, -0.05) is 60.1 Å². The molecule has 2 aromatic carbocycles. The Labute approximate surface area is 151 Å². The predicted octanol–water partition coefficient (Wildman–Crippen LogP) is 3.46. The summed E-state index contributed by atoms with van der Waals surface area (Å²) in [4.78, 5) is 12.5. The van der Waals surface area contributed by atoms with Gasteiger partial charge >= 0.3 is 0 Å². The lowest BCUT2D eigenvalue weighted by atomic mass is 10.1. The first-order valence-electron chi connectivity index (χ1n) is 7.89. The van der Waals surface area contributed by atoms with Crippen LogP contribution in [0.5, 0.6) is 0 Å². The molecule has 0 radical (unpaired) electrons. The molecule has 0 fully saturated rings. The zero-order chi connectivity index (χ0) is 17.8. The molecule has 5 nitrogen and oxygen atoms in total. The normalized spacial score (nSPS) is 10.9. The maximum absolute atomic E-state index is 12.5. The van der Waals surface area contributed by atoms with Crippen LogP contribution in [0.3, 0.4) is 0 Å². The highest BCUT2D eigenvalue weighted by molar-refractivity contribution is 6.31. The van der Waals surface area contributed by atoms with Crippen LogP contribution in [0.2, 0.25) is 5.02 Å². The molecule has 0 aliphatic rings. The molecule has 0 aliphatic heterocycles. The van der Waals surface area contributed by atoms with E-state index in [0.29, 0.717) is 22.8 Å². The van der Waals surface area contributed by atoms with E-state index in [1.807, 2.05) is 54.6 Å². The van der Waals surface area contributed by atoms with E-state index in [1.165, 1.54) is 0 Å². The SMILES string of the molecule is CN(C)NC(=O)c1cn(Cc2ccccc2Cl)nc1-c1ccccc1. The fourth-order valence-electron chi connectivity index (χ4n) is 2.54. The van der Waals surface area contributed by atoms with Crippen LogP contribution in [-0.4, -0.2) is 34.8 Å². The summed E-state index contributed by atoms with van der Waals surface area (Å²) in [5.41, 5.74) is 5.78. The van der Waals surface area contributed by atoms with E-state index in [-0.39, 0.29) is 5.91 Å². The summed E-state index contributed by atoms with van der Waals surface area (Å²) in [6.07, 6.45) is 1.75. The molecule has 1 aromatic heterocycles. The van der Waals surface area contributed by atoms with Gasteiger partial charge in [-0.2, -0.15) is 5.10 Å². The Balaban J connectivity index is 2.00. The lowest BCUT2D eigenvalue weighted by Gasteiger charge is -2.11. The maximum atomic E-state index is 12.5. The molecular formula is C19H19ClN4O. The van der Waals surface area contributed by atoms with E-state index in [9.17, 15) is 4.79 Å². The van der Waals surface area contributed by atoms with Crippen LogP contribution in [0.25, 0.3) is 11.3 Å². The first-order valence-corrected chi connectivity index (χ1v) is 8.27. The molecule has 0 spiro atoms. The molecule has 0 bridgehead atoms. The average Bonchev–Trinajstić information content (AvgIpc) is 3.01. The fraction of sp³-hybridized carbons (Fsp3) is 0.158. The molecule has 25 heavy (non-hydrogen) atoms. The van der Waals surface area contributed by atoms with Crippen LogP contribution < -0.4 is 5.43 Å². The van der Waals surface area contributed by atoms with E-state index >= 15 is 0 Å². The van der Waals surface area contributed by atoms with E-state index in [2.05, 4.69) is 10.5 Å². The Morgan fingerprint density at radius 1 is 1.12 bits per heavy atom. The van der Waals surface area contributed by atoms with Crippen molar-refractivity contribution in [2.75, 3.05) is 14.1 Å². The second-order valence-corrected chi connectivity index (χ2v) is 6.29. The zero-order valence-corrected chi connectivity index (χ0v) is 14.9. The number of nitrogens with one attached hydrogen (secondary N) is 1. The number of nitrogens with zero attached hydrogens (tertiary/aromatic N) is 3. The number of carbonyl (C=O) groups is 1. The highest BCUT2D eigenvalue weighted by Gasteiger charge is 2.18. The standard InChI is InChI=1S/C19H19ClN4O/c1-23(2)22-19(25)16-13-24(12-15-10-6-7-11-17(15)20)21-18(16)14-8-4-3-5-9-14/h3-11,13H,12H2,1-2H3,(H,22,25). The van der Waals surface area contributed by atoms with Gasteiger partial charge in [0.05, 0.1) is 12.1 Å². The van der Waals surface area contributed by atoms with Crippen LogP contribution in [0.15, 0.2) is 60.8 Å². The number of amides is 1. The summed E-state index contributed by atoms with van der Waals surface area (Å²) in [6.45, 7) is 0.495. The van der Waals surface area contributed by atoms with Gasteiger partial charge < -0.3 is 0 Å². The number of carbonyl (C=O) groups excluding carboxylic acids is 1. The minimum Gasteiger partial charge on any atom is -0.285 e. The molecule has 3 rings (SSSR count). The lowest BCUT2D eigenvalue weighted by Crippen LogP contribution is -2.36. The van der Waals surface area contributed by atoms with Crippen LogP contribution in [0.4, 0.5) is 0 Å². The number of benzene rings is 2. The van der Waals surface area contributed by atoms with Crippen molar-refractivity contribution >= 4 is 17.5 Å². The van der Waals surface area contributed by atoms with E-state index < -0.39 is 0 Å². The molecule has 1 heterocycles. The summed E-state index contributed by atoms with van der Waals surface area (Å²) in [7, 11) is 3.54. The van der Waals surface area contributed by atoms with E-state index in [4.69, 9.17) is 11.6 Å². The zero-order valence-electron chi connectivity index (χ0n) is 14.1. The number of aromatic nitrogens is 2. The third-order valence-electron chi connectivity index (χ3n) is 3.67. The molecule has 1 N–H and O–H groups in total. The first-order chi connectivity index (χ1) is 12.0. The quantitative estimate of drug-likeness (QED) is 0.714. The number of hydrogen-bond donors (Lipinski definition) is 1. The second kappa shape index (κ2) is 7.51. The Morgan fingerprint density at radius 2 is 1.80 bits per heavy atom. The molecular weight excluding hydrogens is 336 g/mol. The van der Waals surface area contributed by atoms with Crippen molar-refractivity contribution in [2.24, 2.45) is 0 Å². The van der Waals surface area contributed by atoms with Gasteiger partial charge in [0.15, 0.2) is 0 Å². The Morgan fingerprint density at radius 3 is 2.48 bits per heavy atom. The molecule has 0 unspecified atom stereocenters. The Bertz CT molecular complexity index is 874. The van der Waals surface area contributed by atoms with E-state index in [1.54, 1.807) is 30.0 Å². The monoisotopic (exact) mass is 354 g/mol. The van der Waals surface area contributed by atoms with Gasteiger partial charge in [0, 0.05) is 30.9 Å². The summed E-state index contributed by atoms with van der Waals surface area (Å²) < 4.78 is 1.74. The van der Waals surface area contributed by atoms with Crippen LogP contribution in [0.1, 0.15) is 15.9 Å². The van der Waals surface area contributed by atoms with Gasteiger partial charge in [-0.25, -0.2) is 5.01 Å². The van der Waals surface area contributed by atoms with Gasteiger partial charge in [0.2, 0.25) is 0 Å². The highest BCUT2D eigenvalue weighted by atomic mass is 35.5. The van der Waals surface area contributed by atoms with Gasteiger partial charge in [0.1, 0.15) is 5.69 Å². The summed E-state index contributed by atoms with van der Waals surface area (Å²) in [6, 6.07) is 17.3. The maximum Gasteiger partial charge on any atom is 0.269 e. The van der Waals surface area contributed by atoms with Crippen molar-refractivity contribution < 1.29 is 4.79 Å². The first kappa shape index (κ1) is 17.2. The van der Waals surface area contributed by atoms with Crippen molar-refractivity contribution in [1.29, 1.82) is 0 Å². The van der Waals surface area contributed by atoms with Crippen molar-refractivity contribution in [2.45, 2.75) is 6.54 Å². The van der Waals surface area contributed by atoms with Gasteiger partial charge in [0.25, 0.3) is 5.91 Å². The lowest BCUT2D eigenvalue weighted by molar-refractivity contribution is 0.0857. The molecule has 0 saturated carbocycles. The molecule has 3 aromatic rings. The summed E-state index contributed by atoms with van der Waals surface area (Å²) in [5, 5.41) is 6.92. The van der Waals surface area contributed by atoms with Crippen LogP contribution in [-0.2, 0) is 6.54 Å². The molecule has 0 saturated heterocycles. The Kier molecular flexibility index (Phi) is 5.16. The van der Waals surface area contributed by atoms with Crippen LogP contribution in [0, 0.1) is 0 Å². The minimum absolute atomic E-state index is 0.200. The second-order valence-electron chi connectivity index (χ2n) is 5.88. The molecule has 0 atom stereocenters. The number of hydrazine groups is 1. The van der Waals surface area contributed by atoms with Crippen molar-refractivity contribution in [3.63, 3.8) is 0 Å². The van der Waals surface area contributed by atoms with Crippen molar-refractivity contribution in [3.8, 4) is 11.3 Å². The largest absolute Gasteiger partial charge is 0.285 e. The van der Waals surface area contributed by atoms with Crippen molar-refractivity contribution in [3.05, 3.63) is 76.9 Å². The Hall–Kier alpha value is -2.63. The fourth-order valence-corrected chi connectivity index (χ4v) is 2.74. The third kappa shape index (κ3) is 4.07. The summed E-state index contributed by atoms with van der Waals surface area (Å²) >= 11 is 6.24. The molecule has 6 heteroatoms. The topological polar surface area (TPSA) is 50.2 Å². The predicted molar refractivity (Wildman–Crippen MR) is 99.4 cm³/mol. The van der Waals surface area contributed by atoms with Crippen molar-refractivity contribution in [1.82, 2.24) is 20.2 Å². The van der Waals surface area contributed by atoms with Crippen LogP contribution >= 0.6 is 11.6 Å². The number of halogens is 1.